The molecule has 0 spiro atoms. The number of nitrogens with zero attached hydrogens (tertiary/aromatic N) is 2. The second-order valence-corrected chi connectivity index (χ2v) is 8.47. The number of ketones is 1. The van der Waals surface area contributed by atoms with Gasteiger partial charge in [-0.05, 0) is 74.5 Å². The van der Waals surface area contributed by atoms with Gasteiger partial charge in [0.15, 0.2) is 5.78 Å². The molecule has 193 valence electrons. The molecule has 0 unspecified atom stereocenters. The van der Waals surface area contributed by atoms with E-state index in [1.165, 1.54) is 6.08 Å². The fraction of sp³-hybridized carbons (Fsp3) is 0.129. The number of carbonyl (C=O) groups excluding carboxylic acids is 1. The summed E-state index contributed by atoms with van der Waals surface area (Å²) < 4.78 is 10.1. The van der Waals surface area contributed by atoms with Gasteiger partial charge in [0.05, 0.1) is 25.3 Å². The maximum atomic E-state index is 12.0. The van der Waals surface area contributed by atoms with Crippen molar-refractivity contribution in [2.45, 2.75) is 13.8 Å². The Morgan fingerprint density at radius 2 is 1.05 bits per heavy atom. The summed E-state index contributed by atoms with van der Waals surface area (Å²) in [6.45, 7) is 4.02. The average Bonchev–Trinajstić information content (AvgIpc) is 2.93. The quantitative estimate of drug-likeness (QED) is 0.0973. The number of methoxy groups -OCH3 is 2. The Bertz CT molecular complexity index is 1520. The average molecular weight is 645 g/mol. The van der Waals surface area contributed by atoms with Gasteiger partial charge in [-0.2, -0.15) is 0 Å². The van der Waals surface area contributed by atoms with Gasteiger partial charge in [0.25, 0.3) is 0 Å². The third-order valence-electron chi connectivity index (χ3n) is 5.83. The predicted molar refractivity (Wildman–Crippen MR) is 147 cm³/mol. The maximum Gasteiger partial charge on any atom is 0.189 e. The van der Waals surface area contributed by atoms with Crippen LogP contribution in [0.2, 0.25) is 0 Å². The largest absolute Gasteiger partial charge is 0.507 e. The first kappa shape index (κ1) is 29.4. The molecule has 0 aliphatic heterocycles. The smallest absolute Gasteiger partial charge is 0.189 e. The molecule has 7 heteroatoms. The van der Waals surface area contributed by atoms with Crippen molar-refractivity contribution in [3.8, 4) is 11.5 Å². The van der Waals surface area contributed by atoms with E-state index in [0.29, 0.717) is 22.6 Å². The summed E-state index contributed by atoms with van der Waals surface area (Å²) in [5.41, 5.74) is 5.10. The summed E-state index contributed by atoms with van der Waals surface area (Å²) in [6.07, 6.45) is 1.20. The predicted octanol–water partition coefficient (Wildman–Crippen LogP) is 6.89. The van der Waals surface area contributed by atoms with Gasteiger partial charge < -0.3 is 14.6 Å². The van der Waals surface area contributed by atoms with Gasteiger partial charge in [-0.15, -0.1) is 0 Å². The molecular weight excluding hydrogens is 616 g/mol. The molecular formula is C31H28EuN2O4. The number of aliphatic hydroxyl groups is 1. The normalized spacial score (nSPS) is 10.8. The number of aliphatic hydroxyl groups excluding tert-OH is 1. The van der Waals surface area contributed by atoms with Gasteiger partial charge in [0, 0.05) is 88.7 Å². The molecule has 0 fully saturated rings. The molecule has 1 N–H and O–H groups in total. The van der Waals surface area contributed by atoms with Crippen LogP contribution < -0.4 is 9.47 Å². The van der Waals surface area contributed by atoms with Crippen LogP contribution >= 0.6 is 0 Å². The molecule has 5 rings (SSSR count). The molecule has 0 saturated carbocycles. The van der Waals surface area contributed by atoms with Gasteiger partial charge in [-0.25, -0.2) is 0 Å². The molecule has 6 nitrogen and oxygen atoms in total. The van der Waals surface area contributed by atoms with Crippen LogP contribution in [-0.4, -0.2) is 35.1 Å². The first-order valence-electron chi connectivity index (χ1n) is 11.7. The van der Waals surface area contributed by atoms with E-state index >= 15 is 0 Å². The molecule has 0 atom stereocenters. The molecule has 2 aromatic heterocycles. The summed E-state index contributed by atoms with van der Waals surface area (Å²) in [5, 5.41) is 12.3. The zero-order valence-corrected chi connectivity index (χ0v) is 24.0. The Labute approximate surface area is 262 Å². The van der Waals surface area contributed by atoms with Crippen LogP contribution in [0.3, 0.4) is 0 Å². The molecule has 1 radical (unpaired) electrons. The number of benzene rings is 3. The van der Waals surface area contributed by atoms with Crippen molar-refractivity contribution < 1.29 is 68.8 Å². The molecule has 38 heavy (non-hydrogen) atoms. The maximum absolute atomic E-state index is 12.0. The molecule has 0 saturated heterocycles. The van der Waals surface area contributed by atoms with E-state index in [0.717, 1.165) is 33.2 Å². The standard InChI is InChI=1S/C17H16O4.C14H12N2.Eu/c1-20-14-7-3-12(4-8-14)16(18)11-17(19)13-5-9-15(21-2)10-6-13;1-9-3-5-11-7-8-12-6-4-10(2)16-14(12)13(11)15-9;/h3-11,18H,1-2H3;3-8H,1-2H3;/b16-11-;;. The van der Waals surface area contributed by atoms with Gasteiger partial charge in [-0.1, -0.05) is 24.3 Å². The van der Waals surface area contributed by atoms with Crippen LogP contribution in [0.4, 0.5) is 0 Å². The van der Waals surface area contributed by atoms with Crippen molar-refractivity contribution in [2.24, 2.45) is 0 Å². The van der Waals surface area contributed by atoms with E-state index in [1.807, 2.05) is 26.0 Å². The summed E-state index contributed by atoms with van der Waals surface area (Å²) in [4.78, 5) is 21.2. The van der Waals surface area contributed by atoms with Crippen LogP contribution in [0.5, 0.6) is 11.5 Å². The minimum absolute atomic E-state index is 0. The van der Waals surface area contributed by atoms with Crippen molar-refractivity contribution in [1.82, 2.24) is 9.97 Å². The van der Waals surface area contributed by atoms with Gasteiger partial charge in [-0.3, -0.25) is 14.8 Å². The Morgan fingerprint density at radius 3 is 1.47 bits per heavy atom. The summed E-state index contributed by atoms with van der Waals surface area (Å²) in [6, 6.07) is 26.0. The molecule has 5 aromatic rings. The van der Waals surface area contributed by atoms with Crippen molar-refractivity contribution in [3.63, 3.8) is 0 Å². The van der Waals surface area contributed by atoms with Gasteiger partial charge in [0.2, 0.25) is 0 Å². The monoisotopic (exact) mass is 645 g/mol. The Balaban J connectivity index is 0.000000211. The summed E-state index contributed by atoms with van der Waals surface area (Å²) in [7, 11) is 3.13. The first-order chi connectivity index (χ1) is 17.9. The van der Waals surface area contributed by atoms with E-state index in [1.54, 1.807) is 62.8 Å². The van der Waals surface area contributed by atoms with Crippen LogP contribution in [0.25, 0.3) is 27.6 Å². The number of allylic oxidation sites excluding steroid dienone is 1. The second-order valence-electron chi connectivity index (χ2n) is 8.47. The first-order valence-corrected chi connectivity index (χ1v) is 11.7. The number of hydrogen-bond acceptors (Lipinski definition) is 6. The van der Waals surface area contributed by atoms with Crippen molar-refractivity contribution >= 4 is 33.3 Å². The van der Waals surface area contributed by atoms with Crippen LogP contribution in [0.1, 0.15) is 27.3 Å². The fourth-order valence-electron chi connectivity index (χ4n) is 3.77. The van der Waals surface area contributed by atoms with Crippen LogP contribution in [-0.2, 0) is 0 Å². The SMILES string of the molecule is COc1ccc(C(=O)/C=C(\O)c2ccc(OC)cc2)cc1.Cc1ccc2ccc3ccc(C)nc3c2n1.[Eu]. The molecule has 0 bridgehead atoms. The van der Waals surface area contributed by atoms with Gasteiger partial charge >= 0.3 is 0 Å². The summed E-state index contributed by atoms with van der Waals surface area (Å²) >= 11 is 0. The van der Waals surface area contributed by atoms with Crippen LogP contribution in [0.15, 0.2) is 91.0 Å². The number of carbonyl (C=O) groups is 1. The number of fused-ring (bicyclic) bond motifs is 3. The number of aryl methyl sites for hydroxylation is 2. The van der Waals surface area contributed by atoms with E-state index in [9.17, 15) is 9.90 Å². The molecule has 0 aliphatic carbocycles. The fourth-order valence-corrected chi connectivity index (χ4v) is 3.77. The van der Waals surface area contributed by atoms with E-state index in [2.05, 4.69) is 34.2 Å². The zero-order chi connectivity index (χ0) is 26.4. The minimum Gasteiger partial charge on any atom is -0.507 e. The molecule has 0 amide bonds. The van der Waals surface area contributed by atoms with Crippen molar-refractivity contribution in [1.29, 1.82) is 0 Å². The second kappa shape index (κ2) is 13.6. The Morgan fingerprint density at radius 1 is 0.658 bits per heavy atom. The third-order valence-corrected chi connectivity index (χ3v) is 5.83. The molecule has 0 aliphatic rings. The van der Waals surface area contributed by atoms with Gasteiger partial charge in [0.1, 0.15) is 17.3 Å². The van der Waals surface area contributed by atoms with E-state index in [-0.39, 0.29) is 60.9 Å². The van der Waals surface area contributed by atoms with Crippen LogP contribution in [0, 0.1) is 63.2 Å². The number of hydrogen-bond donors (Lipinski definition) is 1. The Hall–Kier alpha value is -3.13. The molecule has 3 aromatic carbocycles. The van der Waals surface area contributed by atoms with E-state index in [4.69, 9.17) is 9.47 Å². The Kier molecular flexibility index (Phi) is 10.5. The van der Waals surface area contributed by atoms with Crippen molar-refractivity contribution in [2.75, 3.05) is 14.2 Å². The number of rotatable bonds is 5. The number of pyridine rings is 2. The third kappa shape index (κ3) is 7.25. The summed E-state index contributed by atoms with van der Waals surface area (Å²) in [5.74, 6) is 1.01. The number of aromatic nitrogens is 2. The zero-order valence-electron chi connectivity index (χ0n) is 21.6. The van der Waals surface area contributed by atoms with E-state index < -0.39 is 0 Å². The topological polar surface area (TPSA) is 81.5 Å². The number of ether oxygens (including phenoxy) is 2. The molecule has 2 heterocycles. The minimum atomic E-state index is -0.272. The van der Waals surface area contributed by atoms with Crippen molar-refractivity contribution in [3.05, 3.63) is 114 Å².